The van der Waals surface area contributed by atoms with Gasteiger partial charge in [0.2, 0.25) is 5.88 Å². The second-order valence-corrected chi connectivity index (χ2v) is 7.92. The highest BCUT2D eigenvalue weighted by Crippen LogP contribution is 2.25. The van der Waals surface area contributed by atoms with E-state index in [1.54, 1.807) is 55.4 Å². The Balaban J connectivity index is 1.30. The van der Waals surface area contributed by atoms with E-state index in [9.17, 15) is 4.79 Å². The summed E-state index contributed by atoms with van der Waals surface area (Å²) in [6.45, 7) is 1.14. The van der Waals surface area contributed by atoms with Crippen molar-refractivity contribution in [2.24, 2.45) is 0 Å². The second-order valence-electron chi connectivity index (χ2n) is 7.92. The Morgan fingerprint density at radius 1 is 0.886 bits per heavy atom. The van der Waals surface area contributed by atoms with Crippen molar-refractivity contribution >= 4 is 5.91 Å². The SMILES string of the molecule is O=C(NCc1ccccc1-c1ccc(Cn2ccnc2)cc1)c1cccnc1Oc1cccnc1. The van der Waals surface area contributed by atoms with Gasteiger partial charge in [0.15, 0.2) is 0 Å². The van der Waals surface area contributed by atoms with Crippen molar-refractivity contribution in [3.63, 3.8) is 0 Å². The van der Waals surface area contributed by atoms with E-state index in [2.05, 4.69) is 50.6 Å². The molecule has 0 saturated heterocycles. The van der Waals surface area contributed by atoms with Crippen LogP contribution in [-0.2, 0) is 13.1 Å². The van der Waals surface area contributed by atoms with E-state index < -0.39 is 0 Å². The van der Waals surface area contributed by atoms with Crippen LogP contribution in [0, 0.1) is 0 Å². The third kappa shape index (κ3) is 5.42. The zero-order valence-electron chi connectivity index (χ0n) is 18.9. The first-order valence-electron chi connectivity index (χ1n) is 11.2. The lowest BCUT2D eigenvalue weighted by Crippen LogP contribution is -2.23. The van der Waals surface area contributed by atoms with Gasteiger partial charge in [-0.3, -0.25) is 9.78 Å². The maximum absolute atomic E-state index is 13.0. The Kier molecular flexibility index (Phi) is 6.57. The molecule has 0 fully saturated rings. The van der Waals surface area contributed by atoms with Crippen LogP contribution in [0.15, 0.2) is 110 Å². The molecule has 0 bridgehead atoms. The van der Waals surface area contributed by atoms with Crippen molar-refractivity contribution in [1.29, 1.82) is 0 Å². The molecule has 5 rings (SSSR count). The van der Waals surface area contributed by atoms with Crippen molar-refractivity contribution in [2.45, 2.75) is 13.1 Å². The average molecular weight is 462 g/mol. The number of hydrogen-bond acceptors (Lipinski definition) is 5. The molecule has 35 heavy (non-hydrogen) atoms. The Morgan fingerprint density at radius 2 is 1.74 bits per heavy atom. The van der Waals surface area contributed by atoms with Gasteiger partial charge in [0.1, 0.15) is 11.3 Å². The molecule has 0 atom stereocenters. The first-order valence-corrected chi connectivity index (χ1v) is 11.2. The summed E-state index contributed by atoms with van der Waals surface area (Å²) in [5.41, 5.74) is 4.72. The number of nitrogens with zero attached hydrogens (tertiary/aromatic N) is 4. The van der Waals surface area contributed by atoms with Crippen LogP contribution in [-0.4, -0.2) is 25.4 Å². The molecule has 1 amide bonds. The first kappa shape index (κ1) is 22.0. The summed E-state index contributed by atoms with van der Waals surface area (Å²) in [5, 5.41) is 3.01. The predicted octanol–water partition coefficient (Wildman–Crippen LogP) is 5.11. The van der Waals surface area contributed by atoms with Crippen LogP contribution in [0.25, 0.3) is 11.1 Å². The van der Waals surface area contributed by atoms with Crippen LogP contribution in [0.3, 0.4) is 0 Å². The number of carbonyl (C=O) groups excluding carboxylic acids is 1. The molecule has 3 aromatic heterocycles. The molecule has 0 aliphatic rings. The van der Waals surface area contributed by atoms with Crippen LogP contribution in [0.1, 0.15) is 21.5 Å². The number of pyridine rings is 2. The highest BCUT2D eigenvalue weighted by Gasteiger charge is 2.15. The molecule has 2 aromatic carbocycles. The van der Waals surface area contributed by atoms with Crippen LogP contribution < -0.4 is 10.1 Å². The number of carbonyl (C=O) groups is 1. The fourth-order valence-electron chi connectivity index (χ4n) is 3.77. The fraction of sp³-hybridized carbons (Fsp3) is 0.0714. The molecule has 7 heteroatoms. The number of aromatic nitrogens is 4. The van der Waals surface area contributed by atoms with Gasteiger partial charge >= 0.3 is 0 Å². The summed E-state index contributed by atoms with van der Waals surface area (Å²) in [5.74, 6) is 0.490. The Hall–Kier alpha value is -4.78. The van der Waals surface area contributed by atoms with Crippen molar-refractivity contribution in [3.05, 3.63) is 127 Å². The third-order valence-corrected chi connectivity index (χ3v) is 5.51. The number of rotatable bonds is 8. The summed E-state index contributed by atoms with van der Waals surface area (Å²) in [7, 11) is 0. The van der Waals surface area contributed by atoms with E-state index in [-0.39, 0.29) is 11.8 Å². The molecule has 0 spiro atoms. The lowest BCUT2D eigenvalue weighted by molar-refractivity contribution is 0.0948. The second kappa shape index (κ2) is 10.4. The van der Waals surface area contributed by atoms with Gasteiger partial charge in [-0.15, -0.1) is 0 Å². The predicted molar refractivity (Wildman–Crippen MR) is 133 cm³/mol. The lowest BCUT2D eigenvalue weighted by Gasteiger charge is -2.13. The standard InChI is InChI=1S/C28H23N5O2/c34-27(26-8-4-14-31-28(26)35-24-6-3-13-29-18-24)32-17-23-5-1-2-7-25(23)22-11-9-21(10-12-22)19-33-16-15-30-20-33/h1-16,18,20H,17,19H2,(H,32,34). The van der Waals surface area contributed by atoms with Gasteiger partial charge in [0.25, 0.3) is 5.91 Å². The van der Waals surface area contributed by atoms with E-state index in [4.69, 9.17) is 4.74 Å². The van der Waals surface area contributed by atoms with E-state index in [1.165, 1.54) is 5.56 Å². The molecule has 0 radical (unpaired) electrons. The van der Waals surface area contributed by atoms with Crippen LogP contribution >= 0.6 is 0 Å². The van der Waals surface area contributed by atoms with Crippen molar-refractivity contribution in [2.75, 3.05) is 0 Å². The Morgan fingerprint density at radius 3 is 2.54 bits per heavy atom. The molecule has 172 valence electrons. The van der Waals surface area contributed by atoms with E-state index >= 15 is 0 Å². The average Bonchev–Trinajstić information content (AvgIpc) is 3.42. The minimum atomic E-state index is -0.262. The maximum atomic E-state index is 13.0. The molecule has 0 aliphatic heterocycles. The number of nitrogens with one attached hydrogen (secondary N) is 1. The quantitative estimate of drug-likeness (QED) is 0.347. The fourth-order valence-corrected chi connectivity index (χ4v) is 3.77. The van der Waals surface area contributed by atoms with Crippen molar-refractivity contribution in [1.82, 2.24) is 24.8 Å². The molecule has 5 aromatic rings. The summed E-state index contributed by atoms with van der Waals surface area (Å²) >= 11 is 0. The van der Waals surface area contributed by atoms with Gasteiger partial charge in [-0.25, -0.2) is 9.97 Å². The number of benzene rings is 2. The smallest absolute Gasteiger partial charge is 0.257 e. The molecular formula is C28H23N5O2. The van der Waals surface area contributed by atoms with Crippen molar-refractivity contribution in [3.8, 4) is 22.8 Å². The van der Waals surface area contributed by atoms with Crippen LogP contribution in [0.2, 0.25) is 0 Å². The summed E-state index contributed by atoms with van der Waals surface area (Å²) < 4.78 is 7.82. The number of ether oxygens (including phenoxy) is 1. The molecule has 3 heterocycles. The van der Waals surface area contributed by atoms with Gasteiger partial charge in [-0.05, 0) is 46.5 Å². The third-order valence-electron chi connectivity index (χ3n) is 5.51. The largest absolute Gasteiger partial charge is 0.437 e. The monoisotopic (exact) mass is 461 g/mol. The first-order chi connectivity index (χ1) is 17.3. The molecule has 7 nitrogen and oxygen atoms in total. The normalized spacial score (nSPS) is 10.6. The highest BCUT2D eigenvalue weighted by molar-refractivity contribution is 5.96. The van der Waals surface area contributed by atoms with Gasteiger partial charge in [-0.2, -0.15) is 0 Å². The number of hydrogen-bond donors (Lipinski definition) is 1. The summed E-state index contributed by atoms with van der Waals surface area (Å²) in [6, 6.07) is 23.4. The van der Waals surface area contributed by atoms with Gasteiger partial charge < -0.3 is 14.6 Å². The zero-order chi connectivity index (χ0) is 23.9. The lowest BCUT2D eigenvalue weighted by atomic mass is 9.98. The molecule has 0 saturated carbocycles. The minimum Gasteiger partial charge on any atom is -0.437 e. The van der Waals surface area contributed by atoms with Crippen LogP contribution in [0.4, 0.5) is 0 Å². The van der Waals surface area contributed by atoms with Gasteiger partial charge in [0.05, 0.1) is 12.5 Å². The zero-order valence-corrected chi connectivity index (χ0v) is 18.9. The van der Waals surface area contributed by atoms with Crippen molar-refractivity contribution < 1.29 is 9.53 Å². The van der Waals surface area contributed by atoms with Crippen LogP contribution in [0.5, 0.6) is 11.6 Å². The van der Waals surface area contributed by atoms with Gasteiger partial charge in [-0.1, -0.05) is 48.5 Å². The molecule has 1 N–H and O–H groups in total. The summed E-state index contributed by atoms with van der Waals surface area (Å²) in [6.07, 6.45) is 10.4. The molecule has 0 unspecified atom stereocenters. The molecular weight excluding hydrogens is 438 g/mol. The molecule has 0 aliphatic carbocycles. The maximum Gasteiger partial charge on any atom is 0.257 e. The highest BCUT2D eigenvalue weighted by atomic mass is 16.5. The van der Waals surface area contributed by atoms with E-state index in [0.717, 1.165) is 23.2 Å². The van der Waals surface area contributed by atoms with E-state index in [1.807, 2.05) is 29.0 Å². The summed E-state index contributed by atoms with van der Waals surface area (Å²) in [4.78, 5) is 25.4. The number of imidazole rings is 1. The Bertz CT molecular complexity index is 1400. The van der Waals surface area contributed by atoms with Gasteiger partial charge in [0, 0.05) is 37.9 Å². The van der Waals surface area contributed by atoms with E-state index in [0.29, 0.717) is 17.9 Å². The number of amides is 1. The minimum absolute atomic E-state index is 0.236. The Labute approximate surface area is 203 Å². The topological polar surface area (TPSA) is 81.9 Å².